The summed E-state index contributed by atoms with van der Waals surface area (Å²) in [5, 5.41) is 0. The summed E-state index contributed by atoms with van der Waals surface area (Å²) in [6.45, 7) is 10.6. The van der Waals surface area contributed by atoms with Crippen LogP contribution in [0, 0.1) is 121 Å². The van der Waals surface area contributed by atoms with Crippen molar-refractivity contribution in [1.29, 1.82) is 0 Å². The zero-order chi connectivity index (χ0) is 106. The van der Waals surface area contributed by atoms with Crippen LogP contribution in [0.1, 0.15) is 223 Å². The molecule has 4 aromatic heterocycles. The molecule has 0 atom stereocenters. The largest absolute Gasteiger partial charge is 0.212 e. The number of benzene rings is 8. The average Bonchev–Trinajstić information content (AvgIpc) is 0.747. The highest BCUT2D eigenvalue weighted by atomic mass is 14.9. The van der Waals surface area contributed by atoms with E-state index in [0.717, 1.165) is 67.3 Å². The molecule has 0 saturated carbocycles. The fourth-order valence-electron chi connectivity index (χ4n) is 13.3. The second-order valence-corrected chi connectivity index (χ2v) is 30.4. The van der Waals surface area contributed by atoms with Crippen LogP contribution in [0.3, 0.4) is 0 Å². The van der Waals surface area contributed by atoms with Gasteiger partial charge in [0.25, 0.3) is 0 Å². The van der Waals surface area contributed by atoms with E-state index in [4.69, 9.17) is 43.9 Å². The number of rotatable bonds is 14. The third-order valence-corrected chi connectivity index (χ3v) is 19.0. The van der Waals surface area contributed by atoms with E-state index < -0.39 is 91.1 Å². The predicted octanol–water partition coefficient (Wildman–Crippen LogP) is 25.4. The lowest BCUT2D eigenvalue weighted by Gasteiger charge is -2.19. The maximum atomic E-state index is 8.69. The van der Waals surface area contributed by atoms with Crippen molar-refractivity contribution in [2.24, 2.45) is 39.0 Å². The normalized spacial score (nSPS) is 17.2. The van der Waals surface area contributed by atoms with Gasteiger partial charge in [-0.25, -0.2) is 18.3 Å². The number of hydrogen-bond acceptors (Lipinski definition) is 0. The van der Waals surface area contributed by atoms with E-state index in [9.17, 15) is 0 Å². The zero-order valence-corrected chi connectivity index (χ0v) is 66.7. The van der Waals surface area contributed by atoms with Crippen LogP contribution in [0.25, 0.3) is 89.5 Å². The van der Waals surface area contributed by atoms with Gasteiger partial charge in [0.05, 0.1) is 0 Å². The molecule has 0 unspecified atom stereocenters. The number of aromatic nitrogens is 4. The first-order valence-electron chi connectivity index (χ1n) is 52.7. The van der Waals surface area contributed by atoms with E-state index in [1.54, 1.807) is 234 Å². The van der Waals surface area contributed by atoms with Crippen LogP contribution in [-0.2, 0) is 53.7 Å². The third-order valence-electron chi connectivity index (χ3n) is 19.0. The second-order valence-electron chi connectivity index (χ2n) is 30.4. The first kappa shape index (κ1) is 48.7. The molecule has 0 aliphatic carbocycles. The Morgan fingerprint density at radius 2 is 0.519 bits per heavy atom. The Balaban J connectivity index is 0.000000209. The molecule has 0 N–H and O–H groups in total. The van der Waals surface area contributed by atoms with E-state index in [-0.39, 0.29) is 44.5 Å². The molecule has 0 saturated heterocycles. The van der Waals surface area contributed by atoms with Crippen LogP contribution < -0.4 is 18.3 Å². The van der Waals surface area contributed by atoms with E-state index in [2.05, 4.69) is 0 Å². The standard InChI is InChI=1S/2C27H34N.2C25H30N/c2*1-18-13-26(28(8)17-21(18)4)25-15-24(19(2)12-20(25)3)23-11-9-10-22(14-23)16-27(5,6)7;1-7-9-21-10-8-11-22(14-21)23-15-24(19(4)12-18(23)3)25-13-17(2)20(5)16-26(25)6;1-7-8-21-9-11-22(12-10-21)23-15-24(19(4)13-18(23)3)25-14-17(2)20(5)16-26(25)6/h2*9-15,17H,16H2,1-8H3;8,10-16H,7,9H2,1-6H3;9-16H,7-8H2,1-6H3/q4*+1/i2*2D3,4D3,16D2;3D3,5D3,9D2;3D3,5D3,8D2. The van der Waals surface area contributed by atoms with Gasteiger partial charge in [0.15, 0.2) is 24.8 Å². The van der Waals surface area contributed by atoms with Crippen molar-refractivity contribution in [2.45, 2.75) is 204 Å². The van der Waals surface area contributed by atoms with Gasteiger partial charge in [-0.15, -0.1) is 0 Å². The summed E-state index contributed by atoms with van der Waals surface area (Å²) < 4.78 is 266. The van der Waals surface area contributed by atoms with E-state index in [1.807, 2.05) is 118 Å². The van der Waals surface area contributed by atoms with Crippen LogP contribution in [0.15, 0.2) is 195 Å². The van der Waals surface area contributed by atoms with Crippen LogP contribution in [0.5, 0.6) is 0 Å². The van der Waals surface area contributed by atoms with Crippen molar-refractivity contribution in [3.63, 3.8) is 0 Å². The van der Waals surface area contributed by atoms with Crippen molar-refractivity contribution in [2.75, 3.05) is 0 Å². The van der Waals surface area contributed by atoms with Crippen LogP contribution in [0.4, 0.5) is 0 Å². The first-order valence-corrected chi connectivity index (χ1v) is 36.7. The minimum atomic E-state index is -2.37. The van der Waals surface area contributed by atoms with Gasteiger partial charge in [-0.1, -0.05) is 190 Å². The molecule has 12 aromatic rings. The van der Waals surface area contributed by atoms with Gasteiger partial charge in [0, 0.05) is 113 Å². The summed E-state index contributed by atoms with van der Waals surface area (Å²) in [5.41, 5.74) is 18.9. The Morgan fingerprint density at radius 1 is 0.259 bits per heavy atom. The molecule has 4 heteroatoms. The van der Waals surface area contributed by atoms with Gasteiger partial charge in [0.2, 0.25) is 22.8 Å². The third kappa shape index (κ3) is 20.6. The minimum Gasteiger partial charge on any atom is -0.201 e. The molecule has 0 amide bonds. The second kappa shape index (κ2) is 35.2. The Morgan fingerprint density at radius 3 is 0.787 bits per heavy atom. The van der Waals surface area contributed by atoms with Crippen molar-refractivity contribution in [1.82, 2.24) is 0 Å². The molecule has 0 spiro atoms. The number of aryl methyl sites for hydroxylation is 22. The highest BCUT2D eigenvalue weighted by Crippen LogP contribution is 2.38. The first-order chi connectivity index (χ1) is 63.6. The van der Waals surface area contributed by atoms with E-state index in [0.29, 0.717) is 102 Å². The fraction of sp³-hybridized carbons (Fsp3) is 0.346. The Kier molecular flexibility index (Phi) is 15.9. The van der Waals surface area contributed by atoms with Gasteiger partial charge in [-0.3, -0.25) is 0 Å². The molecule has 560 valence electrons. The van der Waals surface area contributed by atoms with Gasteiger partial charge in [0.1, 0.15) is 28.2 Å². The van der Waals surface area contributed by atoms with Gasteiger partial charge in [-0.2, -0.15) is 0 Å². The topological polar surface area (TPSA) is 15.5 Å². The van der Waals surface area contributed by atoms with Crippen molar-refractivity contribution in [3.05, 3.63) is 306 Å². The summed E-state index contributed by atoms with van der Waals surface area (Å²) >= 11 is 0. The summed E-state index contributed by atoms with van der Waals surface area (Å²) in [5.74, 6) is 0. The molecular formula is C104H128N4+4. The molecule has 0 aliphatic rings. The molecule has 108 heavy (non-hydrogen) atoms. The quantitative estimate of drug-likeness (QED) is 0.0965. The molecule has 4 heterocycles. The van der Waals surface area contributed by atoms with Crippen LogP contribution in [0.2, 0.25) is 0 Å². The predicted molar refractivity (Wildman–Crippen MR) is 464 cm³/mol. The Hall–Kier alpha value is -9.64. The van der Waals surface area contributed by atoms with Gasteiger partial charge in [-0.05, 0) is 304 Å². The zero-order valence-electron chi connectivity index (χ0n) is 98.7. The van der Waals surface area contributed by atoms with Crippen LogP contribution >= 0.6 is 0 Å². The van der Waals surface area contributed by atoms with Gasteiger partial charge < -0.3 is 0 Å². The molecule has 0 bridgehead atoms. The van der Waals surface area contributed by atoms with Crippen molar-refractivity contribution >= 4 is 0 Å². The lowest BCUT2D eigenvalue weighted by molar-refractivity contribution is -0.660. The fourth-order valence-corrected chi connectivity index (χ4v) is 13.3. The monoisotopic (exact) mass is 1470 g/mol. The summed E-state index contributed by atoms with van der Waals surface area (Å²) in [7, 11) is 7.11. The van der Waals surface area contributed by atoms with E-state index >= 15 is 0 Å². The molecule has 0 radical (unpaired) electrons. The average molecular weight is 1470 g/mol. The van der Waals surface area contributed by atoms with E-state index in [1.165, 1.54) is 0 Å². The highest BCUT2D eigenvalue weighted by molar-refractivity contribution is 5.80. The maximum Gasteiger partial charge on any atom is 0.212 e. The maximum absolute atomic E-state index is 8.69. The lowest BCUT2D eigenvalue weighted by atomic mass is 9.86. The lowest BCUT2D eigenvalue weighted by Crippen LogP contribution is -2.31. The molecule has 8 aromatic carbocycles. The number of pyridine rings is 4. The molecular weight excluding hydrogens is 1310 g/mol. The van der Waals surface area contributed by atoms with Crippen molar-refractivity contribution < 1.29 is 62.1 Å². The number of hydrogen-bond donors (Lipinski definition) is 0. The summed E-state index contributed by atoms with van der Waals surface area (Å²) in [6.07, 6.45) is 0.797. The Labute approximate surface area is 698 Å². The minimum absolute atomic E-state index is 0.190. The van der Waals surface area contributed by atoms with Crippen molar-refractivity contribution in [3.8, 4) is 89.5 Å². The molecule has 12 rings (SSSR count). The SMILES string of the molecule is [2H]C([2H])([2H])c1c[n+](C)c(-c2cc(-c3ccc(C([2H])([2H])CC)cc3)c(C([2H])([2H])[2H])cc2C)cc1C.[2H]C([2H])([2H])c1c[n+](C)c(-c2cc(-c3cccc(C([2H])([2H])C(C)(C)C)c3)c(C([2H])([2H])[2H])cc2C)cc1C.[2H]C([2H])([2H])c1c[n+](C)c(-c2cc(-c3cccc(C([2H])([2H])C(C)(C)C)c3)c(C([2H])([2H])[2H])cc2C)cc1C.[2H]C([2H])([2H])c1c[n+](C)c(-c2cc(-c3cccc(C([2H])([2H])CC)c3)c(C([2H])([2H])[2H])cc2C)cc1C. The van der Waals surface area contributed by atoms with Gasteiger partial charge >= 0.3 is 0 Å². The molecule has 4 nitrogen and oxygen atoms in total. The summed E-state index contributed by atoms with van der Waals surface area (Å²) in [4.78, 5) is 0. The summed E-state index contributed by atoms with van der Waals surface area (Å²) in [6, 6.07) is 49.2. The molecule has 0 aliphatic heterocycles. The molecule has 0 fully saturated rings. The van der Waals surface area contributed by atoms with Crippen LogP contribution in [-0.4, -0.2) is 0 Å². The number of nitrogens with zero attached hydrogens (tertiary/aromatic N) is 4. The Bertz CT molecular complexity index is 6400. The highest BCUT2D eigenvalue weighted by Gasteiger charge is 2.23. The smallest absolute Gasteiger partial charge is 0.201 e.